The Morgan fingerprint density at radius 1 is 1.03 bits per heavy atom. The highest BCUT2D eigenvalue weighted by molar-refractivity contribution is 7.92. The van der Waals surface area contributed by atoms with E-state index in [2.05, 4.69) is 11.4 Å². The zero-order valence-electron chi connectivity index (χ0n) is 19.9. The van der Waals surface area contributed by atoms with Gasteiger partial charge < -0.3 is 5.32 Å². The maximum Gasteiger partial charge on any atom is 0.232 e. The molecule has 2 aromatic carbocycles. The average molecular weight is 482 g/mol. The van der Waals surface area contributed by atoms with Crippen molar-refractivity contribution < 1.29 is 18.0 Å². The van der Waals surface area contributed by atoms with Crippen LogP contribution in [0.5, 0.6) is 0 Å². The number of rotatable bonds is 4. The molecule has 2 aliphatic heterocycles. The standard InChI is InChI=1S/C26H31N3O4S/c1-17(30)29-24-12-10-20(15-22(24)27-16-26(29,2)25(31)18-6-4-7-18)19-9-11-23-21(14-19)8-5-13-28(23)34(3,32)33/h9-12,14-15,18,27H,4-8,13,16H2,1-3H3/t26-/m0/s1. The first-order valence-electron chi connectivity index (χ1n) is 11.9. The van der Waals surface area contributed by atoms with Crippen molar-refractivity contribution in [1.82, 2.24) is 0 Å². The first-order chi connectivity index (χ1) is 16.1. The van der Waals surface area contributed by atoms with E-state index >= 15 is 0 Å². The molecule has 5 rings (SSSR count). The quantitative estimate of drug-likeness (QED) is 0.714. The van der Waals surface area contributed by atoms with Crippen LogP contribution < -0.4 is 14.5 Å². The van der Waals surface area contributed by atoms with Crippen LogP contribution in [0.3, 0.4) is 0 Å². The van der Waals surface area contributed by atoms with E-state index < -0.39 is 15.6 Å². The average Bonchev–Trinajstić information content (AvgIpc) is 2.75. The molecule has 1 atom stereocenters. The first kappa shape index (κ1) is 22.9. The number of benzene rings is 2. The second kappa shape index (κ2) is 8.12. The molecular formula is C26H31N3O4S. The van der Waals surface area contributed by atoms with Gasteiger partial charge in [-0.2, -0.15) is 0 Å². The van der Waals surface area contributed by atoms with Gasteiger partial charge in [-0.25, -0.2) is 8.42 Å². The Kier molecular flexibility index (Phi) is 5.47. The molecule has 1 aliphatic carbocycles. The van der Waals surface area contributed by atoms with Crippen molar-refractivity contribution in [3.8, 4) is 11.1 Å². The van der Waals surface area contributed by atoms with Crippen LogP contribution in [0.25, 0.3) is 11.1 Å². The van der Waals surface area contributed by atoms with Crippen molar-refractivity contribution >= 4 is 38.8 Å². The molecule has 0 aromatic heterocycles. The summed E-state index contributed by atoms with van der Waals surface area (Å²) >= 11 is 0. The summed E-state index contributed by atoms with van der Waals surface area (Å²) in [7, 11) is -3.31. The van der Waals surface area contributed by atoms with E-state index in [-0.39, 0.29) is 17.6 Å². The van der Waals surface area contributed by atoms with Gasteiger partial charge in [-0.05, 0) is 73.6 Å². The van der Waals surface area contributed by atoms with E-state index in [4.69, 9.17) is 0 Å². The number of aryl methyl sites for hydroxylation is 1. The summed E-state index contributed by atoms with van der Waals surface area (Å²) in [6.45, 7) is 4.28. The predicted octanol–water partition coefficient (Wildman–Crippen LogP) is 3.97. The highest BCUT2D eigenvalue weighted by Gasteiger charge is 2.48. The Hall–Kier alpha value is -2.87. The number of carbonyl (C=O) groups excluding carboxylic acids is 2. The van der Waals surface area contributed by atoms with Crippen LogP contribution >= 0.6 is 0 Å². The van der Waals surface area contributed by atoms with Crippen LogP contribution in [0.15, 0.2) is 36.4 Å². The summed E-state index contributed by atoms with van der Waals surface area (Å²) in [5, 5.41) is 3.42. The van der Waals surface area contributed by atoms with E-state index in [0.717, 1.165) is 65.9 Å². The lowest BCUT2D eigenvalue weighted by Gasteiger charge is -2.47. The minimum absolute atomic E-state index is 0.0384. The van der Waals surface area contributed by atoms with Crippen LogP contribution in [0.1, 0.15) is 45.1 Å². The number of hydrogen-bond acceptors (Lipinski definition) is 5. The molecule has 0 radical (unpaired) electrons. The summed E-state index contributed by atoms with van der Waals surface area (Å²) in [5.41, 5.74) is 4.38. The number of nitrogens with one attached hydrogen (secondary N) is 1. The SMILES string of the molecule is CC(=O)N1c2ccc(-c3ccc4c(c3)CCCN4S(C)(=O)=O)cc2NC[C@@]1(C)C(=O)C1CCC1. The zero-order valence-corrected chi connectivity index (χ0v) is 20.7. The van der Waals surface area contributed by atoms with Gasteiger partial charge in [0, 0.05) is 25.9 Å². The van der Waals surface area contributed by atoms with Crippen LogP contribution in [-0.2, 0) is 26.0 Å². The second-order valence-corrected chi connectivity index (χ2v) is 11.9. The summed E-state index contributed by atoms with van der Waals surface area (Å²) in [5.74, 6) is 0.0399. The molecule has 2 aromatic rings. The van der Waals surface area contributed by atoms with Gasteiger partial charge in [-0.3, -0.25) is 18.8 Å². The minimum atomic E-state index is -3.31. The van der Waals surface area contributed by atoms with Gasteiger partial charge in [-0.15, -0.1) is 0 Å². The van der Waals surface area contributed by atoms with Gasteiger partial charge in [0.15, 0.2) is 5.78 Å². The Bertz CT molecular complexity index is 1280. The minimum Gasteiger partial charge on any atom is -0.381 e. The highest BCUT2D eigenvalue weighted by Crippen LogP contribution is 2.43. The molecule has 2 heterocycles. The fourth-order valence-corrected chi connectivity index (χ4v) is 6.57. The number of sulfonamides is 1. The molecule has 180 valence electrons. The van der Waals surface area contributed by atoms with Crippen LogP contribution in [-0.4, -0.2) is 45.0 Å². The van der Waals surface area contributed by atoms with Gasteiger partial charge >= 0.3 is 0 Å². The number of ketones is 1. The summed E-state index contributed by atoms with van der Waals surface area (Å²) < 4.78 is 25.8. The monoisotopic (exact) mass is 481 g/mol. The number of hydrogen-bond donors (Lipinski definition) is 1. The number of Topliss-reactive ketones (excluding diaryl/α,β-unsaturated/α-hetero) is 1. The highest BCUT2D eigenvalue weighted by atomic mass is 32.2. The van der Waals surface area contributed by atoms with E-state index in [1.807, 2.05) is 37.3 Å². The molecule has 0 bridgehead atoms. The molecular weight excluding hydrogens is 450 g/mol. The topological polar surface area (TPSA) is 86.8 Å². The van der Waals surface area contributed by atoms with Crippen molar-refractivity contribution in [3.05, 3.63) is 42.0 Å². The number of anilines is 3. The number of carbonyl (C=O) groups is 2. The Labute approximate surface area is 201 Å². The van der Waals surface area contributed by atoms with E-state index in [1.165, 1.54) is 17.5 Å². The van der Waals surface area contributed by atoms with E-state index in [0.29, 0.717) is 13.1 Å². The number of amides is 1. The lowest BCUT2D eigenvalue weighted by molar-refractivity contribution is -0.132. The molecule has 0 saturated heterocycles. The predicted molar refractivity (Wildman–Crippen MR) is 135 cm³/mol. The van der Waals surface area contributed by atoms with Gasteiger partial charge in [0.05, 0.1) is 23.3 Å². The van der Waals surface area contributed by atoms with Gasteiger partial charge in [0.25, 0.3) is 0 Å². The summed E-state index contributed by atoms with van der Waals surface area (Å²) in [6, 6.07) is 11.8. The van der Waals surface area contributed by atoms with E-state index in [1.54, 1.807) is 4.90 Å². The third kappa shape index (κ3) is 3.68. The van der Waals surface area contributed by atoms with Crippen molar-refractivity contribution in [2.24, 2.45) is 5.92 Å². The Morgan fingerprint density at radius 2 is 1.71 bits per heavy atom. The molecule has 7 nitrogen and oxygen atoms in total. The molecule has 1 saturated carbocycles. The maximum absolute atomic E-state index is 13.3. The van der Waals surface area contributed by atoms with Crippen LogP contribution in [0, 0.1) is 5.92 Å². The molecule has 1 amide bonds. The Morgan fingerprint density at radius 3 is 2.32 bits per heavy atom. The molecule has 0 unspecified atom stereocenters. The smallest absolute Gasteiger partial charge is 0.232 e. The fourth-order valence-electron chi connectivity index (χ4n) is 5.58. The molecule has 34 heavy (non-hydrogen) atoms. The summed E-state index contributed by atoms with van der Waals surface area (Å²) in [6.07, 6.45) is 5.74. The second-order valence-electron chi connectivity index (χ2n) is 9.99. The van der Waals surface area contributed by atoms with Crippen molar-refractivity contribution in [3.63, 3.8) is 0 Å². The molecule has 0 spiro atoms. The number of nitrogens with zero attached hydrogens (tertiary/aromatic N) is 2. The van der Waals surface area contributed by atoms with Gasteiger partial charge in [0.1, 0.15) is 5.54 Å². The fraction of sp³-hybridized carbons (Fsp3) is 0.462. The molecule has 1 N–H and O–H groups in total. The third-order valence-electron chi connectivity index (χ3n) is 7.56. The lowest BCUT2D eigenvalue weighted by atomic mass is 9.73. The zero-order chi connectivity index (χ0) is 24.3. The van der Waals surface area contributed by atoms with Crippen molar-refractivity contribution in [2.75, 3.05) is 33.9 Å². The first-order valence-corrected chi connectivity index (χ1v) is 13.8. The van der Waals surface area contributed by atoms with Gasteiger partial charge in [-0.1, -0.05) is 18.6 Å². The van der Waals surface area contributed by atoms with Crippen LogP contribution in [0.4, 0.5) is 17.1 Å². The van der Waals surface area contributed by atoms with Crippen molar-refractivity contribution in [2.45, 2.75) is 51.5 Å². The van der Waals surface area contributed by atoms with Crippen molar-refractivity contribution in [1.29, 1.82) is 0 Å². The molecule has 3 aliphatic rings. The largest absolute Gasteiger partial charge is 0.381 e. The summed E-state index contributed by atoms with van der Waals surface area (Å²) in [4.78, 5) is 27.7. The molecule has 1 fully saturated rings. The van der Waals surface area contributed by atoms with E-state index in [9.17, 15) is 18.0 Å². The lowest BCUT2D eigenvalue weighted by Crippen LogP contribution is -2.63. The molecule has 8 heteroatoms. The third-order valence-corrected chi connectivity index (χ3v) is 8.74. The van der Waals surface area contributed by atoms with Gasteiger partial charge in [0.2, 0.25) is 15.9 Å². The van der Waals surface area contributed by atoms with Crippen LogP contribution in [0.2, 0.25) is 0 Å². The number of fused-ring (bicyclic) bond motifs is 2. The normalized spacial score (nSPS) is 22.3. The Balaban J connectivity index is 1.50. The maximum atomic E-state index is 13.3.